The van der Waals surface area contributed by atoms with Gasteiger partial charge in [0.15, 0.2) is 0 Å². The van der Waals surface area contributed by atoms with Crippen LogP contribution in [0.5, 0.6) is 0 Å². The molecule has 1 aliphatic carbocycles. The zero-order chi connectivity index (χ0) is 16.8. The number of amides is 1. The quantitative estimate of drug-likeness (QED) is 0.793. The normalized spacial score (nSPS) is 19.4. The number of hydrogen-bond acceptors (Lipinski definition) is 4. The lowest BCUT2D eigenvalue weighted by molar-refractivity contribution is -0.120. The summed E-state index contributed by atoms with van der Waals surface area (Å²) in [4.78, 5) is 16.8. The average molecular weight is 331 g/mol. The minimum absolute atomic E-state index is 0.0703. The number of rotatable bonds is 8. The van der Waals surface area contributed by atoms with Gasteiger partial charge in [0.1, 0.15) is 6.61 Å². The van der Waals surface area contributed by atoms with Crippen molar-refractivity contribution in [1.29, 1.82) is 0 Å². The Kier molecular flexibility index (Phi) is 6.24. The predicted octanol–water partition coefficient (Wildman–Crippen LogP) is 2.19. The first-order valence-electron chi connectivity index (χ1n) is 9.14. The summed E-state index contributed by atoms with van der Waals surface area (Å²) in [5, 5.41) is 2.90. The Bertz CT molecular complexity index is 520. The maximum Gasteiger partial charge on any atom is 0.250 e. The van der Waals surface area contributed by atoms with Crippen molar-refractivity contribution in [2.45, 2.75) is 26.3 Å². The summed E-state index contributed by atoms with van der Waals surface area (Å²) in [6.07, 6.45) is 2.49. The number of nitrogens with zero attached hydrogens (tertiary/aromatic N) is 2. The molecule has 0 bridgehead atoms. The molecule has 1 N–H and O–H groups in total. The molecule has 0 radical (unpaired) electrons. The maximum absolute atomic E-state index is 11.8. The SMILES string of the molecule is CCN1CCN(Cc2ccc(NC(=O)COCC3CC3)cc2)CC1. The van der Waals surface area contributed by atoms with Crippen LogP contribution in [-0.4, -0.2) is 61.6 Å². The highest BCUT2D eigenvalue weighted by Gasteiger charge is 2.21. The Hall–Kier alpha value is -1.43. The van der Waals surface area contributed by atoms with Crippen LogP contribution < -0.4 is 5.32 Å². The minimum Gasteiger partial charge on any atom is -0.371 e. The molecule has 5 nitrogen and oxygen atoms in total. The number of carbonyl (C=O) groups is 1. The van der Waals surface area contributed by atoms with Crippen LogP contribution in [-0.2, 0) is 16.1 Å². The molecule has 1 amide bonds. The van der Waals surface area contributed by atoms with E-state index in [-0.39, 0.29) is 12.5 Å². The van der Waals surface area contributed by atoms with Gasteiger partial charge in [0, 0.05) is 38.4 Å². The topological polar surface area (TPSA) is 44.8 Å². The largest absolute Gasteiger partial charge is 0.371 e. The number of anilines is 1. The number of likely N-dealkylation sites (N-methyl/N-ethyl adjacent to an activating group) is 1. The second kappa shape index (κ2) is 8.60. The molecule has 2 fully saturated rings. The van der Waals surface area contributed by atoms with Crippen LogP contribution in [0.1, 0.15) is 25.3 Å². The van der Waals surface area contributed by atoms with E-state index in [1.54, 1.807) is 0 Å². The molecule has 1 aliphatic heterocycles. The summed E-state index contributed by atoms with van der Waals surface area (Å²) in [5.74, 6) is 0.621. The Morgan fingerprint density at radius 1 is 1.12 bits per heavy atom. The summed E-state index contributed by atoms with van der Waals surface area (Å²) in [6, 6.07) is 8.17. The Morgan fingerprint density at radius 2 is 1.79 bits per heavy atom. The van der Waals surface area contributed by atoms with Crippen LogP contribution >= 0.6 is 0 Å². The number of nitrogens with one attached hydrogen (secondary N) is 1. The third-order valence-corrected chi connectivity index (χ3v) is 4.84. The molecule has 132 valence electrons. The molecule has 0 spiro atoms. The Morgan fingerprint density at radius 3 is 2.42 bits per heavy atom. The highest BCUT2D eigenvalue weighted by atomic mass is 16.5. The second-order valence-corrected chi connectivity index (χ2v) is 6.91. The standard InChI is InChI=1S/C19H29N3O2/c1-2-21-9-11-22(12-10-21)13-16-5-7-18(8-6-16)20-19(23)15-24-14-17-3-4-17/h5-8,17H,2-4,9-15H2,1H3,(H,20,23). The molecule has 3 rings (SSSR count). The van der Waals surface area contributed by atoms with E-state index in [1.165, 1.54) is 18.4 Å². The van der Waals surface area contributed by atoms with Crippen LogP contribution in [0.4, 0.5) is 5.69 Å². The summed E-state index contributed by atoms with van der Waals surface area (Å²) >= 11 is 0. The highest BCUT2D eigenvalue weighted by Crippen LogP contribution is 2.28. The molecule has 0 atom stereocenters. The molecular formula is C19H29N3O2. The van der Waals surface area contributed by atoms with E-state index in [0.29, 0.717) is 5.92 Å². The van der Waals surface area contributed by atoms with Crippen LogP contribution in [0.15, 0.2) is 24.3 Å². The predicted molar refractivity (Wildman–Crippen MR) is 96.0 cm³/mol. The van der Waals surface area contributed by atoms with E-state index < -0.39 is 0 Å². The summed E-state index contributed by atoms with van der Waals surface area (Å²) in [7, 11) is 0. The van der Waals surface area contributed by atoms with Gasteiger partial charge in [-0.15, -0.1) is 0 Å². The van der Waals surface area contributed by atoms with Gasteiger partial charge in [-0.05, 0) is 43.0 Å². The van der Waals surface area contributed by atoms with Gasteiger partial charge in [-0.3, -0.25) is 9.69 Å². The zero-order valence-corrected chi connectivity index (χ0v) is 14.7. The molecule has 1 saturated heterocycles. The van der Waals surface area contributed by atoms with Crippen molar-refractivity contribution in [3.05, 3.63) is 29.8 Å². The number of hydrogen-bond donors (Lipinski definition) is 1. The summed E-state index contributed by atoms with van der Waals surface area (Å²) < 4.78 is 5.41. The van der Waals surface area contributed by atoms with Gasteiger partial charge < -0.3 is 15.0 Å². The van der Waals surface area contributed by atoms with Crippen LogP contribution in [0.25, 0.3) is 0 Å². The summed E-state index contributed by atoms with van der Waals surface area (Å²) in [5.41, 5.74) is 2.14. The summed E-state index contributed by atoms with van der Waals surface area (Å²) in [6.45, 7) is 9.80. The molecule has 1 aromatic carbocycles. The van der Waals surface area contributed by atoms with Gasteiger partial charge in [0.2, 0.25) is 5.91 Å². The third-order valence-electron chi connectivity index (χ3n) is 4.84. The number of piperazine rings is 1. The van der Waals surface area contributed by atoms with Gasteiger partial charge >= 0.3 is 0 Å². The first kappa shape index (κ1) is 17.4. The number of ether oxygens (including phenoxy) is 1. The smallest absolute Gasteiger partial charge is 0.250 e. The molecule has 0 unspecified atom stereocenters. The lowest BCUT2D eigenvalue weighted by Crippen LogP contribution is -2.45. The molecule has 2 aliphatic rings. The van der Waals surface area contributed by atoms with Gasteiger partial charge in [0.25, 0.3) is 0 Å². The third kappa shape index (κ3) is 5.58. The van der Waals surface area contributed by atoms with E-state index in [9.17, 15) is 4.79 Å². The minimum atomic E-state index is -0.0703. The van der Waals surface area contributed by atoms with E-state index >= 15 is 0 Å². The first-order chi connectivity index (χ1) is 11.7. The fourth-order valence-corrected chi connectivity index (χ4v) is 3.02. The molecular weight excluding hydrogens is 302 g/mol. The van der Waals surface area contributed by atoms with E-state index in [0.717, 1.165) is 51.6 Å². The average Bonchev–Trinajstić information content (AvgIpc) is 3.42. The van der Waals surface area contributed by atoms with Crippen molar-refractivity contribution in [2.24, 2.45) is 5.92 Å². The number of benzene rings is 1. The molecule has 1 heterocycles. The molecule has 0 aromatic heterocycles. The maximum atomic E-state index is 11.8. The van der Waals surface area contributed by atoms with Crippen molar-refractivity contribution in [3.63, 3.8) is 0 Å². The van der Waals surface area contributed by atoms with E-state index in [4.69, 9.17) is 4.74 Å². The van der Waals surface area contributed by atoms with Crippen LogP contribution in [0.2, 0.25) is 0 Å². The number of carbonyl (C=O) groups excluding carboxylic acids is 1. The fraction of sp³-hybridized carbons (Fsp3) is 0.632. The monoisotopic (exact) mass is 331 g/mol. The fourth-order valence-electron chi connectivity index (χ4n) is 3.02. The van der Waals surface area contributed by atoms with Crippen molar-refractivity contribution in [3.8, 4) is 0 Å². The van der Waals surface area contributed by atoms with Crippen LogP contribution in [0, 0.1) is 5.92 Å². The van der Waals surface area contributed by atoms with E-state index in [1.807, 2.05) is 12.1 Å². The van der Waals surface area contributed by atoms with E-state index in [2.05, 4.69) is 34.2 Å². The van der Waals surface area contributed by atoms with Crippen molar-refractivity contribution in [2.75, 3.05) is 51.3 Å². The molecule has 5 heteroatoms. The Labute approximate surface area is 145 Å². The molecule has 1 aromatic rings. The van der Waals surface area contributed by atoms with Crippen molar-refractivity contribution < 1.29 is 9.53 Å². The van der Waals surface area contributed by atoms with Gasteiger partial charge in [-0.2, -0.15) is 0 Å². The van der Waals surface area contributed by atoms with Crippen molar-refractivity contribution >= 4 is 11.6 Å². The van der Waals surface area contributed by atoms with Gasteiger partial charge in [0.05, 0.1) is 6.61 Å². The van der Waals surface area contributed by atoms with Gasteiger partial charge in [-0.1, -0.05) is 19.1 Å². The zero-order valence-electron chi connectivity index (χ0n) is 14.7. The Balaban J connectivity index is 1.39. The lowest BCUT2D eigenvalue weighted by atomic mass is 10.1. The van der Waals surface area contributed by atoms with Crippen molar-refractivity contribution in [1.82, 2.24) is 9.80 Å². The lowest BCUT2D eigenvalue weighted by Gasteiger charge is -2.34. The van der Waals surface area contributed by atoms with Crippen LogP contribution in [0.3, 0.4) is 0 Å². The molecule has 1 saturated carbocycles. The van der Waals surface area contributed by atoms with Gasteiger partial charge in [-0.25, -0.2) is 0 Å². The second-order valence-electron chi connectivity index (χ2n) is 6.91. The molecule has 24 heavy (non-hydrogen) atoms. The first-order valence-corrected chi connectivity index (χ1v) is 9.14. The highest BCUT2D eigenvalue weighted by molar-refractivity contribution is 5.91.